The molecule has 0 nitrogen and oxygen atoms in total. The van der Waals surface area contributed by atoms with Crippen molar-refractivity contribution in [2.45, 2.75) is 32.5 Å². The Labute approximate surface area is 134 Å². The van der Waals surface area contributed by atoms with Gasteiger partial charge in [-0.05, 0) is 23.6 Å². The Morgan fingerprint density at radius 3 is 2.32 bits per heavy atom. The molecule has 0 aromatic heterocycles. The van der Waals surface area contributed by atoms with E-state index in [0.29, 0.717) is 0 Å². The molecule has 0 heterocycles. The average Bonchev–Trinajstić information content (AvgIpc) is 2.66. The fourth-order valence-corrected chi connectivity index (χ4v) is 4.24. The monoisotopic (exact) mass is 302 g/mol. The molecule has 0 spiro atoms. The van der Waals surface area contributed by atoms with Gasteiger partial charge in [0, 0.05) is 21.7 Å². The van der Waals surface area contributed by atoms with Crippen molar-refractivity contribution in [1.82, 2.24) is 0 Å². The zero-order valence-corrected chi connectivity index (χ0v) is 14.8. The van der Waals surface area contributed by atoms with E-state index in [2.05, 4.69) is 50.4 Å². The molecular formula is C17H22SiTi-. The molecule has 1 unspecified atom stereocenters. The predicted octanol–water partition coefficient (Wildman–Crippen LogP) is 5.03. The number of allylic oxidation sites excluding steroid dienone is 4. The molecule has 1 aromatic rings. The van der Waals surface area contributed by atoms with Gasteiger partial charge in [0.25, 0.3) is 0 Å². The van der Waals surface area contributed by atoms with Gasteiger partial charge in [0.05, 0.1) is 8.80 Å². The van der Waals surface area contributed by atoms with Crippen molar-refractivity contribution in [1.29, 1.82) is 0 Å². The molecule has 0 saturated heterocycles. The van der Waals surface area contributed by atoms with Gasteiger partial charge in [-0.3, -0.25) is 6.58 Å². The van der Waals surface area contributed by atoms with Gasteiger partial charge in [0.15, 0.2) is 0 Å². The summed E-state index contributed by atoms with van der Waals surface area (Å²) >= 11 is 0. The van der Waals surface area contributed by atoms with Crippen LogP contribution in [0.4, 0.5) is 0 Å². The first-order valence-corrected chi connectivity index (χ1v) is 8.93. The molecule has 0 saturated carbocycles. The number of hydrogen-bond acceptors (Lipinski definition) is 0. The average molecular weight is 302 g/mol. The Hall–Kier alpha value is -0.629. The van der Waals surface area contributed by atoms with E-state index in [1.54, 1.807) is 17.2 Å². The van der Waals surface area contributed by atoms with E-state index in [9.17, 15) is 0 Å². The third-order valence-electron chi connectivity index (χ3n) is 3.03. The zero-order valence-electron chi connectivity index (χ0n) is 12.3. The minimum atomic E-state index is -0.241. The van der Waals surface area contributed by atoms with Gasteiger partial charge < -0.3 is 0 Å². The van der Waals surface area contributed by atoms with Crippen LogP contribution in [-0.4, -0.2) is 8.80 Å². The Bertz CT molecular complexity index is 458. The molecule has 19 heavy (non-hydrogen) atoms. The first kappa shape index (κ1) is 18.4. The summed E-state index contributed by atoms with van der Waals surface area (Å²) in [5.74, 6) is 0. The van der Waals surface area contributed by atoms with Crippen molar-refractivity contribution in [3.8, 4) is 0 Å². The fraction of sp³-hybridized carbons (Fsp3) is 0.294. The Morgan fingerprint density at radius 1 is 1.21 bits per heavy atom. The summed E-state index contributed by atoms with van der Waals surface area (Å²) in [6, 6.07) is 8.79. The van der Waals surface area contributed by atoms with Crippen molar-refractivity contribution in [2.24, 2.45) is 0 Å². The van der Waals surface area contributed by atoms with Crippen molar-refractivity contribution in [3.63, 3.8) is 0 Å². The van der Waals surface area contributed by atoms with Crippen LogP contribution in [0.25, 0.3) is 6.08 Å². The summed E-state index contributed by atoms with van der Waals surface area (Å²) in [5.41, 5.74) is 5.30. The van der Waals surface area contributed by atoms with Crippen LogP contribution in [0.15, 0.2) is 48.1 Å². The first-order valence-electron chi connectivity index (χ1n) is 6.35. The van der Waals surface area contributed by atoms with Crippen molar-refractivity contribution in [2.75, 3.05) is 0 Å². The largest absolute Gasteiger partial charge is 0.293 e. The first-order chi connectivity index (χ1) is 8.61. The second-order valence-electron chi connectivity index (χ2n) is 4.75. The zero-order chi connectivity index (χ0) is 13.5. The molecule has 99 valence electrons. The van der Waals surface area contributed by atoms with Crippen LogP contribution >= 0.6 is 0 Å². The molecule has 1 aliphatic carbocycles. The Kier molecular flexibility index (Phi) is 8.99. The summed E-state index contributed by atoms with van der Waals surface area (Å²) in [7, 11) is -0.241. The molecule has 2 heteroatoms. The maximum absolute atomic E-state index is 4.93. The summed E-state index contributed by atoms with van der Waals surface area (Å²) in [5, 5.41) is 0. The van der Waals surface area contributed by atoms with E-state index in [1.807, 2.05) is 13.0 Å². The van der Waals surface area contributed by atoms with Gasteiger partial charge in [-0.2, -0.15) is 6.08 Å². The normalized spacial score (nSPS) is 16.3. The second kappa shape index (κ2) is 9.30. The molecule has 0 N–H and O–H groups in total. The summed E-state index contributed by atoms with van der Waals surface area (Å²) in [4.78, 5) is 0. The molecular weight excluding hydrogens is 280 g/mol. The number of fused-ring (bicyclic) bond motifs is 1. The van der Waals surface area contributed by atoms with Crippen LogP contribution in [-0.2, 0) is 21.7 Å². The van der Waals surface area contributed by atoms with Crippen LogP contribution in [0, 0.1) is 6.58 Å². The van der Waals surface area contributed by atoms with Gasteiger partial charge in [0.1, 0.15) is 0 Å². The van der Waals surface area contributed by atoms with Gasteiger partial charge in [-0.1, -0.05) is 55.9 Å². The quantitative estimate of drug-likeness (QED) is 0.408. The van der Waals surface area contributed by atoms with Crippen molar-refractivity contribution in [3.05, 3.63) is 65.8 Å². The standard InChI is InChI=1S/C12H15Si.C5H7.Ti/c1-9-8-10-6-4-5-7-11(10)12(9)13(2)3;1-3-5-4-2;/h4-8,12H,1-3H3;1,3-5H,2H3;/q;-1;. The van der Waals surface area contributed by atoms with Crippen LogP contribution in [0.5, 0.6) is 0 Å². The van der Waals surface area contributed by atoms with Crippen LogP contribution in [0.3, 0.4) is 0 Å². The van der Waals surface area contributed by atoms with E-state index in [0.717, 1.165) is 5.54 Å². The maximum atomic E-state index is 4.93. The SMILES string of the molecule is CC1=Cc2ccccc2C1[Si](C)C.[CH-]=CC=CC.[Ti]. The molecule has 0 fully saturated rings. The van der Waals surface area contributed by atoms with Gasteiger partial charge in [0.2, 0.25) is 0 Å². The second-order valence-corrected chi connectivity index (χ2v) is 7.48. The topological polar surface area (TPSA) is 0 Å². The summed E-state index contributed by atoms with van der Waals surface area (Å²) in [6.45, 7) is 13.9. The minimum Gasteiger partial charge on any atom is -0.293 e. The van der Waals surface area contributed by atoms with Crippen LogP contribution < -0.4 is 0 Å². The van der Waals surface area contributed by atoms with Gasteiger partial charge in [-0.15, -0.1) is 0 Å². The van der Waals surface area contributed by atoms with E-state index >= 15 is 0 Å². The van der Waals surface area contributed by atoms with E-state index in [4.69, 9.17) is 6.58 Å². The van der Waals surface area contributed by atoms with Crippen molar-refractivity contribution < 1.29 is 21.7 Å². The van der Waals surface area contributed by atoms with Crippen LogP contribution in [0.2, 0.25) is 13.1 Å². The maximum Gasteiger partial charge on any atom is 0.0551 e. The molecule has 1 aromatic carbocycles. The van der Waals surface area contributed by atoms with E-state index < -0.39 is 0 Å². The smallest absolute Gasteiger partial charge is 0.0551 e. The third-order valence-corrected chi connectivity index (χ3v) is 4.95. The Morgan fingerprint density at radius 2 is 1.84 bits per heavy atom. The van der Waals surface area contributed by atoms with E-state index in [1.165, 1.54) is 11.6 Å². The molecule has 0 aliphatic heterocycles. The third kappa shape index (κ3) is 5.10. The predicted molar refractivity (Wildman–Crippen MR) is 84.0 cm³/mol. The van der Waals surface area contributed by atoms with Gasteiger partial charge in [-0.25, -0.2) is 12.2 Å². The summed E-state index contributed by atoms with van der Waals surface area (Å²) in [6.07, 6.45) is 7.50. The number of hydrogen-bond donors (Lipinski definition) is 0. The molecule has 0 bridgehead atoms. The molecule has 2 rings (SSSR count). The Balaban J connectivity index is 0.000000471. The molecule has 1 radical (unpaired) electrons. The summed E-state index contributed by atoms with van der Waals surface area (Å²) < 4.78 is 0. The van der Waals surface area contributed by atoms with Crippen LogP contribution in [0.1, 0.15) is 30.5 Å². The number of benzene rings is 1. The van der Waals surface area contributed by atoms with E-state index in [-0.39, 0.29) is 30.5 Å². The van der Waals surface area contributed by atoms with Gasteiger partial charge >= 0.3 is 0 Å². The number of rotatable bonds is 2. The molecule has 1 aliphatic rings. The molecule has 0 amide bonds. The fourth-order valence-electron chi connectivity index (χ4n) is 2.36. The minimum absolute atomic E-state index is 0. The molecule has 1 atom stereocenters. The van der Waals surface area contributed by atoms with Crippen molar-refractivity contribution >= 4 is 14.9 Å².